The van der Waals surface area contributed by atoms with Crippen LogP contribution in [0.2, 0.25) is 0 Å². The van der Waals surface area contributed by atoms with Gasteiger partial charge in [-0.3, -0.25) is 9.59 Å². The highest BCUT2D eigenvalue weighted by atomic mass is 16.2. The lowest BCUT2D eigenvalue weighted by Gasteiger charge is -2.19. The third-order valence-corrected chi connectivity index (χ3v) is 6.57. The minimum absolute atomic E-state index is 0.00407. The highest BCUT2D eigenvalue weighted by Crippen LogP contribution is 2.36. The topological polar surface area (TPSA) is 106 Å². The van der Waals surface area contributed by atoms with Crippen LogP contribution in [0.25, 0.3) is 11.0 Å². The van der Waals surface area contributed by atoms with Gasteiger partial charge in [0.25, 0.3) is 5.91 Å². The molecule has 3 atom stereocenters. The number of benzene rings is 1. The number of hydrogen-bond acceptors (Lipinski definition) is 5. The number of carbonyl (C=O) groups is 2. The van der Waals surface area contributed by atoms with E-state index in [2.05, 4.69) is 33.7 Å². The van der Waals surface area contributed by atoms with Crippen LogP contribution in [-0.4, -0.2) is 43.8 Å². The minimum atomic E-state index is -0.284. The first-order valence-corrected chi connectivity index (χ1v) is 11.8. The van der Waals surface area contributed by atoms with E-state index in [9.17, 15) is 9.59 Å². The number of likely N-dealkylation sites (tertiary alicyclic amines) is 1. The summed E-state index contributed by atoms with van der Waals surface area (Å²) in [7, 11) is 0. The maximum Gasteiger partial charge on any atom is 0.255 e. The van der Waals surface area contributed by atoms with Crippen molar-refractivity contribution in [2.75, 3.05) is 12.3 Å². The summed E-state index contributed by atoms with van der Waals surface area (Å²) in [6.07, 6.45) is 4.12. The Morgan fingerprint density at radius 2 is 2.06 bits per heavy atom. The Balaban J connectivity index is 1.84. The molecule has 35 heavy (non-hydrogen) atoms. The Morgan fingerprint density at radius 1 is 1.31 bits per heavy atom. The number of anilines is 1. The molecule has 1 saturated heterocycles. The third kappa shape index (κ3) is 4.37. The third-order valence-electron chi connectivity index (χ3n) is 6.57. The second-order valence-corrected chi connectivity index (χ2v) is 8.70. The van der Waals surface area contributed by atoms with Gasteiger partial charge in [0.15, 0.2) is 0 Å². The van der Waals surface area contributed by atoms with Gasteiger partial charge in [0.1, 0.15) is 23.5 Å². The van der Waals surface area contributed by atoms with Gasteiger partial charge in [0, 0.05) is 12.6 Å². The number of nitrogens with two attached hydrogens (primary N) is 1. The lowest BCUT2D eigenvalue weighted by Crippen LogP contribution is -2.32. The van der Waals surface area contributed by atoms with Crippen LogP contribution in [0, 0.1) is 11.8 Å². The molecule has 2 amide bonds. The first-order chi connectivity index (χ1) is 16.9. The molecule has 8 heteroatoms. The SMILES string of the molecule is C=CC(=O)N1C[C@H](n2c(C#CC)c(C(=O)N[C@H](CC)c3ccccc3)c3c(N)ncnc32)C[C@@H]1C. The largest absolute Gasteiger partial charge is 0.383 e. The second-order valence-electron chi connectivity index (χ2n) is 8.70. The molecule has 1 aliphatic rings. The van der Waals surface area contributed by atoms with Crippen LogP contribution in [0.15, 0.2) is 49.3 Å². The van der Waals surface area contributed by atoms with Gasteiger partial charge in [-0.05, 0) is 44.2 Å². The van der Waals surface area contributed by atoms with E-state index in [-0.39, 0.29) is 35.8 Å². The second kappa shape index (κ2) is 10.0. The molecule has 3 heterocycles. The predicted octanol–water partition coefficient (Wildman–Crippen LogP) is 3.61. The number of rotatable bonds is 6. The van der Waals surface area contributed by atoms with E-state index >= 15 is 0 Å². The molecule has 0 saturated carbocycles. The summed E-state index contributed by atoms with van der Waals surface area (Å²) in [5.41, 5.74) is 8.75. The Hall–Kier alpha value is -4.12. The fraction of sp³-hybridized carbons (Fsp3) is 0.333. The monoisotopic (exact) mass is 470 g/mol. The molecule has 2 aromatic heterocycles. The number of nitrogen functional groups attached to an aromatic ring is 1. The van der Waals surface area contributed by atoms with Crippen LogP contribution in [-0.2, 0) is 4.79 Å². The zero-order valence-corrected chi connectivity index (χ0v) is 20.3. The number of nitrogens with zero attached hydrogens (tertiary/aromatic N) is 4. The van der Waals surface area contributed by atoms with Gasteiger partial charge < -0.3 is 20.5 Å². The van der Waals surface area contributed by atoms with Crippen molar-refractivity contribution in [2.45, 2.75) is 51.7 Å². The van der Waals surface area contributed by atoms with Crippen LogP contribution >= 0.6 is 0 Å². The van der Waals surface area contributed by atoms with Crippen LogP contribution < -0.4 is 11.1 Å². The van der Waals surface area contributed by atoms with Crippen molar-refractivity contribution in [3.05, 3.63) is 66.1 Å². The molecule has 3 aromatic rings. The van der Waals surface area contributed by atoms with Crippen molar-refractivity contribution < 1.29 is 9.59 Å². The zero-order valence-electron chi connectivity index (χ0n) is 20.3. The van der Waals surface area contributed by atoms with Crippen LogP contribution in [0.1, 0.15) is 67.3 Å². The maximum atomic E-state index is 13.8. The lowest BCUT2D eigenvalue weighted by molar-refractivity contribution is -0.126. The predicted molar refractivity (Wildman–Crippen MR) is 136 cm³/mol. The quantitative estimate of drug-likeness (QED) is 0.423. The highest BCUT2D eigenvalue weighted by molar-refractivity contribution is 6.12. The Kier molecular flexibility index (Phi) is 6.87. The normalized spacial score (nSPS) is 18.1. The molecular formula is C27H30N6O2. The van der Waals surface area contributed by atoms with Crippen molar-refractivity contribution in [2.24, 2.45) is 0 Å². The van der Waals surface area contributed by atoms with Gasteiger partial charge >= 0.3 is 0 Å². The van der Waals surface area contributed by atoms with Gasteiger partial charge in [-0.15, -0.1) is 0 Å². The molecule has 8 nitrogen and oxygen atoms in total. The first-order valence-electron chi connectivity index (χ1n) is 11.8. The average Bonchev–Trinajstić information content (AvgIpc) is 3.41. The first kappa shape index (κ1) is 24.0. The Labute approximate surface area is 205 Å². The summed E-state index contributed by atoms with van der Waals surface area (Å²) < 4.78 is 1.95. The van der Waals surface area contributed by atoms with Crippen molar-refractivity contribution in [3.63, 3.8) is 0 Å². The molecule has 0 bridgehead atoms. The molecule has 1 aliphatic heterocycles. The molecule has 0 unspecified atom stereocenters. The fourth-order valence-corrected chi connectivity index (χ4v) is 4.93. The van der Waals surface area contributed by atoms with Crippen LogP contribution in [0.4, 0.5) is 5.82 Å². The van der Waals surface area contributed by atoms with Crippen molar-refractivity contribution in [1.82, 2.24) is 24.8 Å². The molecule has 0 aliphatic carbocycles. The molecule has 3 N–H and O–H groups in total. The van der Waals surface area contributed by atoms with Crippen molar-refractivity contribution >= 4 is 28.7 Å². The van der Waals surface area contributed by atoms with Crippen molar-refractivity contribution in [1.29, 1.82) is 0 Å². The highest BCUT2D eigenvalue weighted by Gasteiger charge is 2.36. The van der Waals surface area contributed by atoms with E-state index in [1.54, 1.807) is 11.8 Å². The molecule has 0 radical (unpaired) electrons. The zero-order chi connectivity index (χ0) is 25.1. The van der Waals surface area contributed by atoms with Gasteiger partial charge in [-0.2, -0.15) is 0 Å². The lowest BCUT2D eigenvalue weighted by atomic mass is 10.0. The van der Waals surface area contributed by atoms with Crippen LogP contribution in [0.5, 0.6) is 0 Å². The molecule has 1 fully saturated rings. The van der Waals surface area contributed by atoms with Crippen molar-refractivity contribution in [3.8, 4) is 11.8 Å². The van der Waals surface area contributed by atoms with Gasteiger partial charge in [-0.25, -0.2) is 9.97 Å². The molecule has 4 rings (SSSR count). The van der Waals surface area contributed by atoms with E-state index in [0.717, 1.165) is 5.56 Å². The van der Waals surface area contributed by atoms with E-state index in [1.807, 2.05) is 48.7 Å². The van der Waals surface area contributed by atoms with E-state index in [4.69, 9.17) is 5.73 Å². The number of carbonyl (C=O) groups excluding carboxylic acids is 2. The van der Waals surface area contributed by atoms with E-state index in [1.165, 1.54) is 12.4 Å². The van der Waals surface area contributed by atoms with Gasteiger partial charge in [0.05, 0.1) is 23.0 Å². The summed E-state index contributed by atoms with van der Waals surface area (Å²) >= 11 is 0. The van der Waals surface area contributed by atoms with Gasteiger partial charge in [0.2, 0.25) is 5.91 Å². The maximum absolute atomic E-state index is 13.8. The van der Waals surface area contributed by atoms with Crippen LogP contribution in [0.3, 0.4) is 0 Å². The molecule has 180 valence electrons. The number of hydrogen-bond donors (Lipinski definition) is 2. The summed E-state index contributed by atoms with van der Waals surface area (Å²) in [6.45, 7) is 9.83. The Bertz CT molecular complexity index is 1330. The average molecular weight is 471 g/mol. The summed E-state index contributed by atoms with van der Waals surface area (Å²) in [6, 6.07) is 9.54. The molecule has 1 aromatic carbocycles. The number of nitrogens with one attached hydrogen (secondary N) is 1. The smallest absolute Gasteiger partial charge is 0.255 e. The summed E-state index contributed by atoms with van der Waals surface area (Å²) in [4.78, 5) is 36.6. The van der Waals surface area contributed by atoms with Gasteiger partial charge in [-0.1, -0.05) is 49.8 Å². The number of fused-ring (bicyclic) bond motifs is 1. The standard InChI is InChI=1S/C27H30N6O2/c1-5-11-21-23(27(35)31-20(6-2)18-12-9-8-10-13-18)24-25(28)29-16-30-26(24)33(21)19-14-17(4)32(15-19)22(34)7-3/h7-10,12-13,16-17,19-20H,3,6,14-15H2,1-2,4H3,(H,31,35)(H2,28,29,30)/t17-,19+,20+/m0/s1. The number of amides is 2. The fourth-order valence-electron chi connectivity index (χ4n) is 4.93. The minimum Gasteiger partial charge on any atom is -0.383 e. The molecular weight excluding hydrogens is 440 g/mol. The Morgan fingerprint density at radius 3 is 2.71 bits per heavy atom. The summed E-state index contributed by atoms with van der Waals surface area (Å²) in [5.74, 6) is 5.88. The number of aromatic nitrogens is 3. The van der Waals surface area contributed by atoms with E-state index in [0.29, 0.717) is 41.7 Å². The van der Waals surface area contributed by atoms with E-state index < -0.39 is 0 Å². The molecule has 0 spiro atoms. The summed E-state index contributed by atoms with van der Waals surface area (Å²) in [5, 5.41) is 3.64.